The molecule has 1 aliphatic rings. The number of piperazine rings is 1. The summed E-state index contributed by atoms with van der Waals surface area (Å²) in [4.78, 5) is 11.2. The predicted octanol–water partition coefficient (Wildman–Crippen LogP) is 2.70. The van der Waals surface area contributed by atoms with Gasteiger partial charge in [-0.15, -0.1) is 10.2 Å². The fourth-order valence-corrected chi connectivity index (χ4v) is 4.98. The van der Waals surface area contributed by atoms with E-state index < -0.39 is 10.0 Å². The summed E-state index contributed by atoms with van der Waals surface area (Å²) in [5.41, 5.74) is 1.29. The first-order valence-corrected chi connectivity index (χ1v) is 11.6. The van der Waals surface area contributed by atoms with E-state index in [0.717, 1.165) is 5.56 Å². The van der Waals surface area contributed by atoms with Crippen LogP contribution in [0.3, 0.4) is 0 Å². The van der Waals surface area contributed by atoms with Crippen molar-refractivity contribution >= 4 is 15.8 Å². The van der Waals surface area contributed by atoms with Crippen molar-refractivity contribution in [2.24, 2.45) is 0 Å². The number of hydrogen-bond acceptors (Lipinski definition) is 8. The Bertz CT molecular complexity index is 1300. The molecule has 9 nitrogen and oxygen atoms in total. The Labute approximate surface area is 185 Å². The summed E-state index contributed by atoms with van der Waals surface area (Å²) in [5, 5.41) is 8.20. The maximum Gasteiger partial charge on any atom is 0.268 e. The van der Waals surface area contributed by atoms with Gasteiger partial charge in [-0.1, -0.05) is 36.4 Å². The van der Waals surface area contributed by atoms with Gasteiger partial charge in [0.05, 0.1) is 17.3 Å². The second-order valence-electron chi connectivity index (χ2n) is 7.25. The van der Waals surface area contributed by atoms with Crippen LogP contribution in [0.15, 0.2) is 82.4 Å². The summed E-state index contributed by atoms with van der Waals surface area (Å²) in [6.07, 6.45) is 3.22. The van der Waals surface area contributed by atoms with Gasteiger partial charge in [-0.05, 0) is 24.3 Å². The molecule has 1 fully saturated rings. The van der Waals surface area contributed by atoms with Crippen LogP contribution in [-0.4, -0.2) is 59.1 Å². The predicted molar refractivity (Wildman–Crippen MR) is 118 cm³/mol. The van der Waals surface area contributed by atoms with Gasteiger partial charge >= 0.3 is 0 Å². The van der Waals surface area contributed by atoms with E-state index in [1.165, 1.54) is 4.31 Å². The van der Waals surface area contributed by atoms with Crippen molar-refractivity contribution in [3.05, 3.63) is 73.1 Å². The molecule has 5 rings (SSSR count). The number of rotatable bonds is 5. The van der Waals surface area contributed by atoms with Gasteiger partial charge in [0, 0.05) is 31.7 Å². The van der Waals surface area contributed by atoms with Gasteiger partial charge in [0.2, 0.25) is 15.9 Å². The first-order chi connectivity index (χ1) is 15.6. The van der Waals surface area contributed by atoms with E-state index in [4.69, 9.17) is 4.42 Å². The average Bonchev–Trinajstić information content (AvgIpc) is 3.36. The largest absolute Gasteiger partial charge is 0.415 e. The van der Waals surface area contributed by atoms with E-state index >= 15 is 0 Å². The molecular weight excluding hydrogens is 428 g/mol. The Morgan fingerprint density at radius 2 is 1.44 bits per heavy atom. The highest BCUT2D eigenvalue weighted by atomic mass is 32.2. The summed E-state index contributed by atoms with van der Waals surface area (Å²) in [5.74, 6) is 1.33. The van der Waals surface area contributed by atoms with Gasteiger partial charge in [0.15, 0.2) is 0 Å². The van der Waals surface area contributed by atoms with Crippen LogP contribution in [0.5, 0.6) is 0 Å². The standard InChI is InChI=1S/C22H20N6O3S/c29-32(30,18-9-5-2-6-10-18)28-13-11-27(12-14-28)20-16-23-15-19(24-20)22-26-25-21(31-22)17-7-3-1-4-8-17/h1-10,15-16H,11-14H2. The van der Waals surface area contributed by atoms with Crippen molar-refractivity contribution in [1.82, 2.24) is 24.5 Å². The van der Waals surface area contributed by atoms with E-state index in [-0.39, 0.29) is 5.89 Å². The number of benzene rings is 2. The maximum absolute atomic E-state index is 12.8. The lowest BCUT2D eigenvalue weighted by atomic mass is 10.2. The summed E-state index contributed by atoms with van der Waals surface area (Å²) in [6, 6.07) is 18.0. The van der Waals surface area contributed by atoms with Crippen molar-refractivity contribution in [1.29, 1.82) is 0 Å². The Morgan fingerprint density at radius 3 is 2.16 bits per heavy atom. The topological polar surface area (TPSA) is 105 Å². The third-order valence-electron chi connectivity index (χ3n) is 5.23. The highest BCUT2D eigenvalue weighted by Gasteiger charge is 2.29. The second-order valence-corrected chi connectivity index (χ2v) is 9.18. The molecule has 10 heteroatoms. The van der Waals surface area contributed by atoms with Crippen LogP contribution >= 0.6 is 0 Å². The maximum atomic E-state index is 12.8. The normalized spacial score (nSPS) is 15.1. The minimum absolute atomic E-state index is 0.281. The first-order valence-electron chi connectivity index (χ1n) is 10.1. The molecule has 3 heterocycles. The summed E-state index contributed by atoms with van der Waals surface area (Å²) in [6.45, 7) is 1.73. The van der Waals surface area contributed by atoms with E-state index in [0.29, 0.717) is 48.5 Å². The Morgan fingerprint density at radius 1 is 0.781 bits per heavy atom. The SMILES string of the molecule is O=S(=O)(c1ccccc1)N1CCN(c2cncc(-c3nnc(-c4ccccc4)o3)n2)CC1. The molecule has 2 aromatic heterocycles. The molecule has 162 valence electrons. The fourth-order valence-electron chi connectivity index (χ4n) is 3.53. The summed E-state index contributed by atoms with van der Waals surface area (Å²) in [7, 11) is -3.51. The van der Waals surface area contributed by atoms with Crippen LogP contribution in [-0.2, 0) is 10.0 Å². The third-order valence-corrected chi connectivity index (χ3v) is 7.14. The van der Waals surface area contributed by atoms with Gasteiger partial charge in [-0.25, -0.2) is 13.4 Å². The van der Waals surface area contributed by atoms with E-state index in [1.54, 1.807) is 42.7 Å². The number of anilines is 1. The highest BCUT2D eigenvalue weighted by molar-refractivity contribution is 7.89. The van der Waals surface area contributed by atoms with Crippen LogP contribution < -0.4 is 4.90 Å². The molecule has 0 radical (unpaired) electrons. The zero-order chi connectivity index (χ0) is 22.0. The average molecular weight is 449 g/mol. The molecular formula is C22H20N6O3S. The Hall–Kier alpha value is -3.63. The van der Waals surface area contributed by atoms with Crippen molar-refractivity contribution < 1.29 is 12.8 Å². The van der Waals surface area contributed by atoms with E-state index in [9.17, 15) is 8.42 Å². The molecule has 0 bridgehead atoms. The minimum Gasteiger partial charge on any atom is -0.415 e. The Kier molecular flexibility index (Phi) is 5.38. The molecule has 4 aromatic rings. The molecule has 0 spiro atoms. The molecule has 0 saturated carbocycles. The smallest absolute Gasteiger partial charge is 0.268 e. The van der Waals surface area contributed by atoms with Gasteiger partial charge in [-0.2, -0.15) is 4.31 Å². The molecule has 0 unspecified atom stereocenters. The highest BCUT2D eigenvalue weighted by Crippen LogP contribution is 2.24. The first kappa shape index (κ1) is 20.3. The van der Waals surface area contributed by atoms with Gasteiger partial charge in [0.1, 0.15) is 11.5 Å². The minimum atomic E-state index is -3.51. The molecule has 2 aromatic carbocycles. The van der Waals surface area contributed by atoms with Crippen molar-refractivity contribution in [2.75, 3.05) is 31.1 Å². The van der Waals surface area contributed by atoms with Crippen LogP contribution in [0.25, 0.3) is 23.0 Å². The van der Waals surface area contributed by atoms with E-state index in [1.807, 2.05) is 35.2 Å². The molecule has 1 aliphatic heterocycles. The lowest BCUT2D eigenvalue weighted by molar-refractivity contribution is 0.383. The molecule has 0 amide bonds. The van der Waals surface area contributed by atoms with Crippen LogP contribution in [0.2, 0.25) is 0 Å². The monoisotopic (exact) mass is 448 g/mol. The zero-order valence-electron chi connectivity index (χ0n) is 17.1. The fraction of sp³-hybridized carbons (Fsp3) is 0.182. The van der Waals surface area contributed by atoms with E-state index in [2.05, 4.69) is 20.2 Å². The lowest BCUT2D eigenvalue weighted by Crippen LogP contribution is -2.49. The lowest BCUT2D eigenvalue weighted by Gasteiger charge is -2.34. The van der Waals surface area contributed by atoms with Crippen molar-refractivity contribution in [3.8, 4) is 23.0 Å². The second kappa shape index (κ2) is 8.48. The van der Waals surface area contributed by atoms with Gasteiger partial charge < -0.3 is 9.32 Å². The molecule has 0 aliphatic carbocycles. The van der Waals surface area contributed by atoms with Crippen molar-refractivity contribution in [3.63, 3.8) is 0 Å². The number of hydrogen-bond donors (Lipinski definition) is 0. The van der Waals surface area contributed by atoms with Gasteiger partial charge in [0.25, 0.3) is 5.89 Å². The quantitative estimate of drug-likeness (QED) is 0.459. The molecule has 32 heavy (non-hydrogen) atoms. The third kappa shape index (κ3) is 3.97. The number of aromatic nitrogens is 4. The van der Waals surface area contributed by atoms with Crippen LogP contribution in [0, 0.1) is 0 Å². The van der Waals surface area contributed by atoms with Crippen molar-refractivity contribution in [2.45, 2.75) is 4.90 Å². The summed E-state index contributed by atoms with van der Waals surface area (Å²) < 4.78 is 33.0. The van der Waals surface area contributed by atoms with Crippen LogP contribution in [0.4, 0.5) is 5.82 Å². The number of nitrogens with zero attached hydrogens (tertiary/aromatic N) is 6. The number of sulfonamides is 1. The van der Waals surface area contributed by atoms with Gasteiger partial charge in [-0.3, -0.25) is 4.98 Å². The molecule has 0 atom stereocenters. The molecule has 0 N–H and O–H groups in total. The zero-order valence-corrected chi connectivity index (χ0v) is 17.9. The molecule has 1 saturated heterocycles. The summed E-state index contributed by atoms with van der Waals surface area (Å²) >= 11 is 0. The Balaban J connectivity index is 1.31. The van der Waals surface area contributed by atoms with Crippen LogP contribution in [0.1, 0.15) is 0 Å².